The summed E-state index contributed by atoms with van der Waals surface area (Å²) in [4.78, 5) is 4.24. The first-order chi connectivity index (χ1) is 10.2. The van der Waals surface area contributed by atoms with Crippen LogP contribution in [0.2, 0.25) is 0 Å². The fourth-order valence-electron chi connectivity index (χ4n) is 2.48. The van der Waals surface area contributed by atoms with Crippen molar-refractivity contribution in [1.82, 2.24) is 10.6 Å². The minimum atomic E-state index is 0.469. The summed E-state index contributed by atoms with van der Waals surface area (Å²) < 4.78 is 5.77. The second-order valence-electron chi connectivity index (χ2n) is 5.45. The molecule has 0 unspecified atom stereocenters. The number of ether oxygens (including phenoxy) is 1. The van der Waals surface area contributed by atoms with Gasteiger partial charge in [-0.3, -0.25) is 4.99 Å². The Balaban J connectivity index is 1.70. The Kier molecular flexibility index (Phi) is 5.67. The molecule has 0 atom stereocenters. The summed E-state index contributed by atoms with van der Waals surface area (Å²) in [6.07, 6.45) is 6.54. The van der Waals surface area contributed by atoms with Crippen molar-refractivity contribution >= 4 is 5.96 Å². The number of guanidine groups is 1. The SMILES string of the molecule is CN=C(NCCOc1cc(C)cc(C)c1)NC1CC=CC1. The van der Waals surface area contributed by atoms with Crippen LogP contribution in [0.3, 0.4) is 0 Å². The van der Waals surface area contributed by atoms with Crippen LogP contribution in [0.1, 0.15) is 24.0 Å². The van der Waals surface area contributed by atoms with E-state index in [1.807, 2.05) is 0 Å². The Morgan fingerprint density at radius 2 is 1.86 bits per heavy atom. The highest BCUT2D eigenvalue weighted by atomic mass is 16.5. The lowest BCUT2D eigenvalue weighted by Gasteiger charge is -2.17. The molecule has 4 heteroatoms. The van der Waals surface area contributed by atoms with Gasteiger partial charge in [0.2, 0.25) is 0 Å². The smallest absolute Gasteiger partial charge is 0.191 e. The van der Waals surface area contributed by atoms with E-state index in [4.69, 9.17) is 4.74 Å². The summed E-state index contributed by atoms with van der Waals surface area (Å²) in [5.41, 5.74) is 2.45. The van der Waals surface area contributed by atoms with Crippen LogP contribution in [0.4, 0.5) is 0 Å². The van der Waals surface area contributed by atoms with Crippen molar-refractivity contribution in [3.63, 3.8) is 0 Å². The molecule has 0 aliphatic heterocycles. The van der Waals surface area contributed by atoms with Crippen molar-refractivity contribution in [2.75, 3.05) is 20.2 Å². The second kappa shape index (κ2) is 7.72. The van der Waals surface area contributed by atoms with E-state index in [0.29, 0.717) is 12.6 Å². The molecule has 21 heavy (non-hydrogen) atoms. The number of nitrogens with zero attached hydrogens (tertiary/aromatic N) is 1. The number of hydrogen-bond donors (Lipinski definition) is 2. The topological polar surface area (TPSA) is 45.7 Å². The molecular weight excluding hydrogens is 262 g/mol. The van der Waals surface area contributed by atoms with Gasteiger partial charge in [-0.1, -0.05) is 18.2 Å². The Bertz CT molecular complexity index is 495. The fraction of sp³-hybridized carbons (Fsp3) is 0.471. The second-order valence-corrected chi connectivity index (χ2v) is 5.45. The molecule has 1 aliphatic rings. The van der Waals surface area contributed by atoms with Crippen molar-refractivity contribution in [3.8, 4) is 5.75 Å². The van der Waals surface area contributed by atoms with E-state index in [2.05, 4.69) is 59.8 Å². The average molecular weight is 287 g/mol. The lowest BCUT2D eigenvalue weighted by molar-refractivity contribution is 0.321. The number of benzene rings is 1. The number of aryl methyl sites for hydroxylation is 2. The molecule has 0 heterocycles. The first-order valence-electron chi connectivity index (χ1n) is 7.50. The number of hydrogen-bond acceptors (Lipinski definition) is 2. The van der Waals surface area contributed by atoms with Gasteiger partial charge in [-0.25, -0.2) is 0 Å². The predicted molar refractivity (Wildman–Crippen MR) is 88.1 cm³/mol. The largest absolute Gasteiger partial charge is 0.492 e. The van der Waals surface area contributed by atoms with Gasteiger partial charge in [-0.05, 0) is 49.9 Å². The summed E-state index contributed by atoms with van der Waals surface area (Å²) in [6.45, 7) is 5.51. The molecule has 0 saturated heterocycles. The minimum absolute atomic E-state index is 0.469. The molecule has 1 aliphatic carbocycles. The molecule has 0 bridgehead atoms. The Morgan fingerprint density at radius 3 is 2.48 bits per heavy atom. The van der Waals surface area contributed by atoms with Crippen molar-refractivity contribution in [2.45, 2.75) is 32.7 Å². The van der Waals surface area contributed by atoms with Gasteiger partial charge < -0.3 is 15.4 Å². The first kappa shape index (κ1) is 15.4. The molecule has 1 aromatic rings. The molecule has 0 spiro atoms. The molecule has 0 aromatic heterocycles. The highest BCUT2D eigenvalue weighted by Gasteiger charge is 2.11. The van der Waals surface area contributed by atoms with E-state index in [0.717, 1.165) is 31.1 Å². The number of aliphatic imine (C=N–C) groups is 1. The third-order valence-electron chi connectivity index (χ3n) is 3.43. The highest BCUT2D eigenvalue weighted by Crippen LogP contribution is 2.15. The Morgan fingerprint density at radius 1 is 1.19 bits per heavy atom. The molecule has 2 rings (SSSR count). The van der Waals surface area contributed by atoms with Crippen LogP contribution >= 0.6 is 0 Å². The van der Waals surface area contributed by atoms with Gasteiger partial charge in [0.15, 0.2) is 5.96 Å². The maximum atomic E-state index is 5.77. The summed E-state index contributed by atoms with van der Waals surface area (Å²) in [6, 6.07) is 6.73. The van der Waals surface area contributed by atoms with Crippen LogP contribution in [0.15, 0.2) is 35.3 Å². The Labute approximate surface area is 127 Å². The van der Waals surface area contributed by atoms with E-state index in [1.54, 1.807) is 7.05 Å². The average Bonchev–Trinajstić information content (AvgIpc) is 2.94. The summed E-state index contributed by atoms with van der Waals surface area (Å²) in [5, 5.41) is 6.69. The molecule has 0 fully saturated rings. The molecule has 2 N–H and O–H groups in total. The van der Waals surface area contributed by atoms with Gasteiger partial charge in [0.05, 0.1) is 6.54 Å². The normalized spacial score (nSPS) is 15.3. The maximum absolute atomic E-state index is 5.77. The van der Waals surface area contributed by atoms with Crippen molar-refractivity contribution in [3.05, 3.63) is 41.5 Å². The van der Waals surface area contributed by atoms with Crippen LogP contribution < -0.4 is 15.4 Å². The van der Waals surface area contributed by atoms with E-state index in [1.165, 1.54) is 11.1 Å². The molecule has 1 aromatic carbocycles. The summed E-state index contributed by atoms with van der Waals surface area (Å²) in [7, 11) is 1.79. The summed E-state index contributed by atoms with van der Waals surface area (Å²) >= 11 is 0. The van der Waals surface area contributed by atoms with E-state index in [-0.39, 0.29) is 0 Å². The molecular formula is C17H25N3O. The van der Waals surface area contributed by atoms with E-state index < -0.39 is 0 Å². The standard InChI is InChI=1S/C17H25N3O/c1-13-10-14(2)12-16(11-13)21-9-8-19-17(18-3)20-15-6-4-5-7-15/h4-5,10-12,15H,6-9H2,1-3H3,(H2,18,19,20). The Hall–Kier alpha value is -1.97. The third kappa shape index (κ3) is 5.14. The van der Waals surface area contributed by atoms with Crippen LogP contribution in [0.5, 0.6) is 5.75 Å². The van der Waals surface area contributed by atoms with Gasteiger partial charge in [-0.15, -0.1) is 0 Å². The predicted octanol–water partition coefficient (Wildman–Crippen LogP) is 2.57. The first-order valence-corrected chi connectivity index (χ1v) is 7.50. The molecule has 0 amide bonds. The molecule has 0 radical (unpaired) electrons. The van der Waals surface area contributed by atoms with Crippen LogP contribution in [0.25, 0.3) is 0 Å². The lowest BCUT2D eigenvalue weighted by Crippen LogP contribution is -2.43. The quantitative estimate of drug-likeness (QED) is 0.379. The van der Waals surface area contributed by atoms with Gasteiger partial charge in [0.1, 0.15) is 12.4 Å². The number of rotatable bonds is 5. The third-order valence-corrected chi connectivity index (χ3v) is 3.43. The zero-order valence-corrected chi connectivity index (χ0v) is 13.1. The maximum Gasteiger partial charge on any atom is 0.191 e. The number of nitrogens with one attached hydrogen (secondary N) is 2. The van der Waals surface area contributed by atoms with Gasteiger partial charge >= 0.3 is 0 Å². The van der Waals surface area contributed by atoms with Gasteiger partial charge in [0.25, 0.3) is 0 Å². The van der Waals surface area contributed by atoms with Crippen LogP contribution in [-0.2, 0) is 0 Å². The monoisotopic (exact) mass is 287 g/mol. The molecule has 0 saturated carbocycles. The van der Waals surface area contributed by atoms with Crippen molar-refractivity contribution in [2.24, 2.45) is 4.99 Å². The minimum Gasteiger partial charge on any atom is -0.492 e. The molecule has 114 valence electrons. The molecule has 4 nitrogen and oxygen atoms in total. The zero-order chi connectivity index (χ0) is 15.1. The van der Waals surface area contributed by atoms with Gasteiger partial charge in [-0.2, -0.15) is 0 Å². The van der Waals surface area contributed by atoms with Crippen LogP contribution in [-0.4, -0.2) is 32.2 Å². The van der Waals surface area contributed by atoms with Crippen LogP contribution in [0, 0.1) is 13.8 Å². The zero-order valence-electron chi connectivity index (χ0n) is 13.1. The van der Waals surface area contributed by atoms with E-state index in [9.17, 15) is 0 Å². The van der Waals surface area contributed by atoms with E-state index >= 15 is 0 Å². The van der Waals surface area contributed by atoms with Gasteiger partial charge in [0, 0.05) is 13.1 Å². The lowest BCUT2D eigenvalue weighted by atomic mass is 10.1. The fourth-order valence-corrected chi connectivity index (χ4v) is 2.48. The summed E-state index contributed by atoms with van der Waals surface area (Å²) in [5.74, 6) is 1.77. The van der Waals surface area contributed by atoms with Crippen molar-refractivity contribution < 1.29 is 4.74 Å². The van der Waals surface area contributed by atoms with Crippen molar-refractivity contribution in [1.29, 1.82) is 0 Å². The highest BCUT2D eigenvalue weighted by molar-refractivity contribution is 5.80.